The lowest BCUT2D eigenvalue weighted by Crippen LogP contribution is -3.28. The highest BCUT2D eigenvalue weighted by molar-refractivity contribution is 6.33. The van der Waals surface area contributed by atoms with E-state index in [0.29, 0.717) is 23.8 Å². The number of carbonyl (C=O) groups excluding carboxylic acids is 2. The molecule has 6 nitrogen and oxygen atoms in total. The van der Waals surface area contributed by atoms with Crippen LogP contribution in [0.3, 0.4) is 0 Å². The van der Waals surface area contributed by atoms with Gasteiger partial charge in [-0.2, -0.15) is 0 Å². The minimum atomic E-state index is -0.210. The van der Waals surface area contributed by atoms with E-state index in [2.05, 4.69) is 45.3 Å². The van der Waals surface area contributed by atoms with Crippen molar-refractivity contribution in [3.05, 3.63) is 29.3 Å². The van der Waals surface area contributed by atoms with Crippen molar-refractivity contribution in [3.8, 4) is 0 Å². The molecule has 1 aromatic carbocycles. The van der Waals surface area contributed by atoms with Crippen molar-refractivity contribution in [2.45, 2.75) is 46.6 Å². The molecule has 0 unspecified atom stereocenters. The molecule has 0 bridgehead atoms. The normalized spacial score (nSPS) is 20.2. The van der Waals surface area contributed by atoms with Crippen LogP contribution in [0.5, 0.6) is 0 Å². The second-order valence-corrected chi connectivity index (χ2v) is 10.5. The Kier molecular flexibility index (Phi) is 8.09. The fourth-order valence-electron chi connectivity index (χ4n) is 4.31. The maximum Gasteiger partial charge on any atom is 0.279 e. The molecule has 0 aromatic heterocycles. The van der Waals surface area contributed by atoms with E-state index in [1.807, 2.05) is 12.1 Å². The number of benzene rings is 1. The molecule has 0 saturated carbocycles. The Hall–Kier alpha value is -1.63. The van der Waals surface area contributed by atoms with Gasteiger partial charge in [0.1, 0.15) is 26.2 Å². The predicted octanol–water partition coefficient (Wildman–Crippen LogP) is 0.393. The van der Waals surface area contributed by atoms with Crippen molar-refractivity contribution in [1.29, 1.82) is 0 Å². The summed E-state index contributed by atoms with van der Waals surface area (Å²) < 4.78 is 0. The van der Waals surface area contributed by atoms with Crippen LogP contribution in [0.15, 0.2) is 24.3 Å². The average Bonchev–Trinajstić information content (AvgIpc) is 2.56. The number of hydrogen-bond donors (Lipinski definition) is 4. The summed E-state index contributed by atoms with van der Waals surface area (Å²) in [5.41, 5.74) is 0.610. The SMILES string of the molecule is CC(C)(C)CC(C)(C)NC(=O)C[NH+]1CC[NH+](CC(=O)Nc2ccccc2Cl)CC1. The topological polar surface area (TPSA) is 67.1 Å². The van der Waals surface area contributed by atoms with Gasteiger partial charge in [-0.15, -0.1) is 0 Å². The van der Waals surface area contributed by atoms with Gasteiger partial charge in [-0.25, -0.2) is 0 Å². The smallest absolute Gasteiger partial charge is 0.279 e. The maximum atomic E-state index is 12.5. The first kappa shape index (κ1) is 23.6. The van der Waals surface area contributed by atoms with Crippen LogP contribution < -0.4 is 20.4 Å². The molecule has 0 aliphatic carbocycles. The Morgan fingerprint density at radius 3 is 1.97 bits per heavy atom. The number of hydrogen-bond acceptors (Lipinski definition) is 2. The Balaban J connectivity index is 1.72. The number of piperazine rings is 1. The van der Waals surface area contributed by atoms with Gasteiger partial charge in [-0.05, 0) is 37.8 Å². The summed E-state index contributed by atoms with van der Waals surface area (Å²) in [5, 5.41) is 6.62. The molecule has 0 spiro atoms. The van der Waals surface area contributed by atoms with Crippen LogP contribution >= 0.6 is 11.6 Å². The van der Waals surface area contributed by atoms with Crippen molar-refractivity contribution < 1.29 is 19.4 Å². The molecular formula is C22H37ClN4O2+2. The number of para-hydroxylation sites is 1. The number of carbonyl (C=O) groups is 2. The highest BCUT2D eigenvalue weighted by Gasteiger charge is 2.30. The lowest BCUT2D eigenvalue weighted by molar-refractivity contribution is -1.00. The van der Waals surface area contributed by atoms with Gasteiger partial charge >= 0.3 is 0 Å². The third kappa shape index (κ3) is 8.72. The van der Waals surface area contributed by atoms with Crippen LogP contribution in [0.1, 0.15) is 41.0 Å². The van der Waals surface area contributed by atoms with Crippen LogP contribution in [0.2, 0.25) is 5.02 Å². The van der Waals surface area contributed by atoms with Crippen molar-refractivity contribution in [2.24, 2.45) is 5.41 Å². The average molecular weight is 425 g/mol. The number of amides is 2. The zero-order chi connectivity index (χ0) is 21.7. The minimum Gasteiger partial charge on any atom is -0.346 e. The van der Waals surface area contributed by atoms with E-state index in [0.717, 1.165) is 32.6 Å². The lowest BCUT2D eigenvalue weighted by atomic mass is 9.82. The lowest BCUT2D eigenvalue weighted by Gasteiger charge is -2.34. The molecule has 162 valence electrons. The van der Waals surface area contributed by atoms with E-state index < -0.39 is 0 Å². The molecule has 0 atom stereocenters. The maximum absolute atomic E-state index is 12.5. The second-order valence-electron chi connectivity index (χ2n) is 10.1. The molecule has 7 heteroatoms. The van der Waals surface area contributed by atoms with Gasteiger partial charge in [0.2, 0.25) is 0 Å². The number of anilines is 1. The van der Waals surface area contributed by atoms with E-state index in [9.17, 15) is 9.59 Å². The van der Waals surface area contributed by atoms with Gasteiger partial charge in [0.05, 0.1) is 10.7 Å². The predicted molar refractivity (Wildman–Crippen MR) is 118 cm³/mol. The molecule has 1 aliphatic heterocycles. The first-order valence-corrected chi connectivity index (χ1v) is 10.8. The van der Waals surface area contributed by atoms with Crippen molar-refractivity contribution in [2.75, 3.05) is 44.6 Å². The van der Waals surface area contributed by atoms with Crippen LogP contribution in [0, 0.1) is 5.41 Å². The van der Waals surface area contributed by atoms with E-state index in [1.165, 1.54) is 9.80 Å². The fourth-order valence-corrected chi connectivity index (χ4v) is 4.50. The Bertz CT molecular complexity index is 707. The zero-order valence-corrected chi connectivity index (χ0v) is 19.2. The Morgan fingerprint density at radius 2 is 1.45 bits per heavy atom. The Morgan fingerprint density at radius 1 is 0.931 bits per heavy atom. The number of nitrogens with one attached hydrogen (secondary N) is 4. The van der Waals surface area contributed by atoms with Gasteiger partial charge in [0.15, 0.2) is 13.1 Å². The largest absolute Gasteiger partial charge is 0.346 e. The summed E-state index contributed by atoms with van der Waals surface area (Å²) in [5.74, 6) is 0.0763. The van der Waals surface area contributed by atoms with Crippen molar-refractivity contribution in [1.82, 2.24) is 5.32 Å². The third-order valence-corrected chi connectivity index (χ3v) is 5.41. The summed E-state index contributed by atoms with van der Waals surface area (Å²) in [6, 6.07) is 7.26. The van der Waals surface area contributed by atoms with Gasteiger partial charge in [-0.1, -0.05) is 44.5 Å². The fraction of sp³-hybridized carbons (Fsp3) is 0.636. The van der Waals surface area contributed by atoms with Crippen molar-refractivity contribution >= 4 is 29.1 Å². The molecule has 1 aliphatic rings. The molecule has 2 rings (SSSR count). The summed E-state index contributed by atoms with van der Waals surface area (Å²) in [7, 11) is 0. The second kappa shape index (κ2) is 9.92. The molecular weight excluding hydrogens is 388 g/mol. The first-order chi connectivity index (χ1) is 13.4. The van der Waals surface area contributed by atoms with E-state index in [4.69, 9.17) is 11.6 Å². The number of quaternary nitrogens is 2. The molecule has 1 aromatic rings. The quantitative estimate of drug-likeness (QED) is 0.511. The van der Waals surface area contributed by atoms with Crippen LogP contribution in [-0.2, 0) is 9.59 Å². The number of rotatable bonds is 7. The molecule has 4 N–H and O–H groups in total. The highest BCUT2D eigenvalue weighted by Crippen LogP contribution is 2.26. The monoisotopic (exact) mass is 424 g/mol. The van der Waals surface area contributed by atoms with Gasteiger partial charge in [0.25, 0.3) is 11.8 Å². The van der Waals surface area contributed by atoms with Crippen molar-refractivity contribution in [3.63, 3.8) is 0 Å². The molecule has 0 radical (unpaired) electrons. The summed E-state index contributed by atoms with van der Waals surface area (Å²) >= 11 is 6.10. The standard InChI is InChI=1S/C22H35ClN4O2/c1-21(2,3)16-22(4,5)25-20(29)15-27-12-10-26(11-13-27)14-19(28)24-18-9-7-6-8-17(18)23/h6-9H,10-16H2,1-5H3,(H,24,28)(H,25,29)/p+2. The van der Waals surface area contributed by atoms with E-state index in [1.54, 1.807) is 12.1 Å². The Labute approximate surface area is 180 Å². The van der Waals surface area contributed by atoms with Crippen LogP contribution in [-0.4, -0.2) is 56.6 Å². The highest BCUT2D eigenvalue weighted by atomic mass is 35.5. The summed E-state index contributed by atoms with van der Waals surface area (Å²) in [6.45, 7) is 15.2. The van der Waals surface area contributed by atoms with Gasteiger partial charge in [0, 0.05) is 5.54 Å². The van der Waals surface area contributed by atoms with Crippen LogP contribution in [0.25, 0.3) is 0 Å². The summed E-state index contributed by atoms with van der Waals surface area (Å²) in [6.07, 6.45) is 0.930. The molecule has 29 heavy (non-hydrogen) atoms. The first-order valence-electron chi connectivity index (χ1n) is 10.5. The zero-order valence-electron chi connectivity index (χ0n) is 18.5. The summed E-state index contributed by atoms with van der Waals surface area (Å²) in [4.78, 5) is 27.3. The van der Waals surface area contributed by atoms with E-state index in [-0.39, 0.29) is 22.8 Å². The number of halogens is 1. The molecule has 1 saturated heterocycles. The molecule has 1 heterocycles. The minimum absolute atomic E-state index is 0.0294. The molecule has 2 amide bonds. The van der Waals surface area contributed by atoms with Gasteiger partial charge < -0.3 is 20.4 Å². The van der Waals surface area contributed by atoms with Gasteiger partial charge in [-0.3, -0.25) is 9.59 Å². The van der Waals surface area contributed by atoms with E-state index >= 15 is 0 Å². The third-order valence-electron chi connectivity index (χ3n) is 5.08. The van der Waals surface area contributed by atoms with Crippen LogP contribution in [0.4, 0.5) is 5.69 Å². The molecule has 1 fully saturated rings.